The lowest BCUT2D eigenvalue weighted by atomic mass is 9.93. The van der Waals surface area contributed by atoms with Crippen LogP contribution in [0.2, 0.25) is 0 Å². The van der Waals surface area contributed by atoms with Crippen LogP contribution in [0, 0.1) is 11.8 Å². The van der Waals surface area contributed by atoms with Crippen molar-refractivity contribution in [3.05, 3.63) is 0 Å². The lowest BCUT2D eigenvalue weighted by molar-refractivity contribution is -0.152. The highest BCUT2D eigenvalue weighted by atomic mass is 16.5. The first-order chi connectivity index (χ1) is 11.2. The Morgan fingerprint density at radius 2 is 1.61 bits per heavy atom. The van der Waals surface area contributed by atoms with Gasteiger partial charge in [-0.2, -0.15) is 0 Å². The number of esters is 1. The van der Waals surface area contributed by atoms with Gasteiger partial charge in [-0.3, -0.25) is 14.5 Å². The molecule has 0 unspecified atom stereocenters. The van der Waals surface area contributed by atoms with E-state index in [1.807, 2.05) is 4.90 Å². The Kier molecular flexibility index (Phi) is 5.57. The van der Waals surface area contributed by atoms with Gasteiger partial charge in [0.1, 0.15) is 0 Å². The lowest BCUT2D eigenvalue weighted by Crippen LogP contribution is -2.52. The molecule has 1 amide bonds. The summed E-state index contributed by atoms with van der Waals surface area (Å²) in [7, 11) is 1.43. The van der Waals surface area contributed by atoms with Gasteiger partial charge in [-0.05, 0) is 51.6 Å². The smallest absolute Gasteiger partial charge is 0.309 e. The van der Waals surface area contributed by atoms with Crippen molar-refractivity contribution in [3.63, 3.8) is 0 Å². The van der Waals surface area contributed by atoms with Gasteiger partial charge >= 0.3 is 5.97 Å². The minimum atomic E-state index is -0.220. The van der Waals surface area contributed by atoms with Crippen molar-refractivity contribution in [1.82, 2.24) is 9.80 Å². The predicted octanol–water partition coefficient (Wildman–Crippen LogP) is 2.05. The van der Waals surface area contributed by atoms with Gasteiger partial charge in [0.25, 0.3) is 0 Å². The van der Waals surface area contributed by atoms with Crippen molar-refractivity contribution in [2.24, 2.45) is 11.8 Å². The summed E-state index contributed by atoms with van der Waals surface area (Å²) in [6.45, 7) is 4.07. The molecule has 1 saturated carbocycles. The Hall–Kier alpha value is -1.10. The van der Waals surface area contributed by atoms with Crippen LogP contribution in [-0.4, -0.2) is 61.0 Å². The minimum Gasteiger partial charge on any atom is -0.469 e. The highest BCUT2D eigenvalue weighted by Crippen LogP contribution is 2.35. The number of nitrogens with zero attached hydrogens (tertiary/aromatic N) is 2. The zero-order valence-electron chi connectivity index (χ0n) is 14.3. The van der Waals surface area contributed by atoms with Crippen LogP contribution >= 0.6 is 0 Å². The third kappa shape index (κ3) is 3.70. The molecule has 0 aromatic heterocycles. The van der Waals surface area contributed by atoms with E-state index in [4.69, 9.17) is 4.74 Å². The average Bonchev–Trinajstić information content (AvgIpc) is 3.11. The summed E-state index contributed by atoms with van der Waals surface area (Å²) >= 11 is 0. The SMILES string of the molecule is COC(=O)[C@@H]1CCC[C@H]1C(=O)N1CCC[C@H](N2CCCCC2)C1. The topological polar surface area (TPSA) is 49.9 Å². The van der Waals surface area contributed by atoms with Crippen LogP contribution in [0.5, 0.6) is 0 Å². The average molecular weight is 322 g/mol. The number of hydrogen-bond donors (Lipinski definition) is 0. The molecule has 3 atom stereocenters. The number of amides is 1. The molecule has 0 bridgehead atoms. The number of carbonyl (C=O) groups is 2. The maximum atomic E-state index is 13.0. The minimum absolute atomic E-state index is 0.150. The molecule has 0 aromatic rings. The highest BCUT2D eigenvalue weighted by Gasteiger charge is 2.41. The zero-order chi connectivity index (χ0) is 16.2. The van der Waals surface area contributed by atoms with E-state index < -0.39 is 0 Å². The molecular formula is C18H30N2O3. The molecule has 3 rings (SSSR count). The summed E-state index contributed by atoms with van der Waals surface area (Å²) in [5, 5.41) is 0. The van der Waals surface area contributed by atoms with E-state index in [1.165, 1.54) is 45.9 Å². The standard InChI is InChI=1S/C18H30N2O3/c1-23-18(22)16-9-5-8-15(16)17(21)20-12-6-7-14(13-20)19-10-3-2-4-11-19/h14-16H,2-13H2,1H3/t14-,15+,16+/m0/s1. The van der Waals surface area contributed by atoms with Crippen LogP contribution in [0.25, 0.3) is 0 Å². The van der Waals surface area contributed by atoms with Gasteiger partial charge < -0.3 is 9.64 Å². The first kappa shape index (κ1) is 16.7. The molecule has 0 aromatic carbocycles. The van der Waals surface area contributed by atoms with Gasteiger partial charge in [-0.25, -0.2) is 0 Å². The van der Waals surface area contributed by atoms with Gasteiger partial charge in [0.2, 0.25) is 5.91 Å². The van der Waals surface area contributed by atoms with Crippen molar-refractivity contribution in [3.8, 4) is 0 Å². The Morgan fingerprint density at radius 3 is 2.35 bits per heavy atom. The molecule has 2 saturated heterocycles. The van der Waals surface area contributed by atoms with Crippen molar-refractivity contribution in [2.45, 2.75) is 57.4 Å². The fourth-order valence-corrected chi connectivity index (χ4v) is 4.66. The number of methoxy groups -OCH3 is 1. The maximum absolute atomic E-state index is 13.0. The lowest BCUT2D eigenvalue weighted by Gasteiger charge is -2.42. The monoisotopic (exact) mass is 322 g/mol. The van der Waals surface area contributed by atoms with Crippen LogP contribution < -0.4 is 0 Å². The van der Waals surface area contributed by atoms with E-state index in [1.54, 1.807) is 0 Å². The normalized spacial score (nSPS) is 32.7. The number of hydrogen-bond acceptors (Lipinski definition) is 4. The quantitative estimate of drug-likeness (QED) is 0.746. The molecule has 5 heteroatoms. The van der Waals surface area contributed by atoms with Crippen molar-refractivity contribution < 1.29 is 14.3 Å². The van der Waals surface area contributed by atoms with E-state index in [2.05, 4.69) is 4.90 Å². The van der Waals surface area contributed by atoms with Crippen molar-refractivity contribution >= 4 is 11.9 Å². The van der Waals surface area contributed by atoms with Crippen LogP contribution in [-0.2, 0) is 14.3 Å². The molecular weight excluding hydrogens is 292 g/mol. The van der Waals surface area contributed by atoms with E-state index in [0.29, 0.717) is 6.04 Å². The van der Waals surface area contributed by atoms with E-state index in [0.717, 1.165) is 38.8 Å². The Labute approximate surface area is 139 Å². The Bertz CT molecular complexity index is 434. The molecule has 2 aliphatic heterocycles. The molecule has 0 radical (unpaired) electrons. The molecule has 130 valence electrons. The van der Waals surface area contributed by atoms with E-state index in [-0.39, 0.29) is 23.7 Å². The number of ether oxygens (including phenoxy) is 1. The molecule has 2 heterocycles. The molecule has 0 spiro atoms. The van der Waals surface area contributed by atoms with Gasteiger partial charge in [-0.15, -0.1) is 0 Å². The number of carbonyl (C=O) groups excluding carboxylic acids is 2. The fourth-order valence-electron chi connectivity index (χ4n) is 4.66. The van der Waals surface area contributed by atoms with Crippen LogP contribution in [0.15, 0.2) is 0 Å². The predicted molar refractivity (Wildman–Crippen MR) is 87.9 cm³/mol. The summed E-state index contributed by atoms with van der Waals surface area (Å²) in [6.07, 6.45) is 8.80. The van der Waals surface area contributed by atoms with Gasteiger partial charge in [-0.1, -0.05) is 12.8 Å². The van der Waals surface area contributed by atoms with Gasteiger partial charge in [0.05, 0.1) is 18.9 Å². The summed E-state index contributed by atoms with van der Waals surface area (Å²) < 4.78 is 4.90. The third-order valence-electron chi connectivity index (χ3n) is 5.95. The first-order valence-electron chi connectivity index (χ1n) is 9.31. The molecule has 3 fully saturated rings. The second kappa shape index (κ2) is 7.65. The number of likely N-dealkylation sites (tertiary alicyclic amines) is 2. The van der Waals surface area contributed by atoms with E-state index in [9.17, 15) is 9.59 Å². The van der Waals surface area contributed by atoms with E-state index >= 15 is 0 Å². The Balaban J connectivity index is 1.61. The second-order valence-electron chi connectivity index (χ2n) is 7.34. The summed E-state index contributed by atoms with van der Waals surface area (Å²) in [4.78, 5) is 29.5. The Morgan fingerprint density at radius 1 is 0.870 bits per heavy atom. The van der Waals surface area contributed by atoms with Crippen molar-refractivity contribution in [2.75, 3.05) is 33.3 Å². The second-order valence-corrected chi connectivity index (χ2v) is 7.34. The van der Waals surface area contributed by atoms with Crippen LogP contribution in [0.4, 0.5) is 0 Å². The third-order valence-corrected chi connectivity index (χ3v) is 5.95. The summed E-state index contributed by atoms with van der Waals surface area (Å²) in [6, 6.07) is 0.519. The van der Waals surface area contributed by atoms with Gasteiger partial charge in [0.15, 0.2) is 0 Å². The largest absolute Gasteiger partial charge is 0.469 e. The molecule has 0 N–H and O–H groups in total. The van der Waals surface area contributed by atoms with Crippen LogP contribution in [0.1, 0.15) is 51.4 Å². The summed E-state index contributed by atoms with van der Waals surface area (Å²) in [5.74, 6) is -0.379. The molecule has 5 nitrogen and oxygen atoms in total. The zero-order valence-corrected chi connectivity index (χ0v) is 14.3. The maximum Gasteiger partial charge on any atom is 0.309 e. The molecule has 23 heavy (non-hydrogen) atoms. The van der Waals surface area contributed by atoms with Crippen molar-refractivity contribution in [1.29, 1.82) is 0 Å². The molecule has 1 aliphatic carbocycles. The summed E-state index contributed by atoms with van der Waals surface area (Å²) in [5.41, 5.74) is 0. The first-order valence-corrected chi connectivity index (χ1v) is 9.31. The van der Waals surface area contributed by atoms with Crippen LogP contribution in [0.3, 0.4) is 0 Å². The molecule has 3 aliphatic rings. The highest BCUT2D eigenvalue weighted by molar-refractivity contribution is 5.86. The number of piperidine rings is 2. The van der Waals surface area contributed by atoms with Gasteiger partial charge in [0, 0.05) is 19.1 Å². The fraction of sp³-hybridized carbons (Fsp3) is 0.889. The number of rotatable bonds is 3.